The monoisotopic (exact) mass is 351 g/mol. The fourth-order valence-electron chi connectivity index (χ4n) is 3.08. The fraction of sp³-hybridized carbons (Fsp3) is 0.333. The predicted octanol–water partition coefficient (Wildman–Crippen LogP) is 2.95. The summed E-state index contributed by atoms with van der Waals surface area (Å²) in [5.41, 5.74) is 1.66. The third-order valence-corrected chi connectivity index (χ3v) is 4.54. The van der Waals surface area contributed by atoms with Crippen molar-refractivity contribution >= 4 is 12.0 Å². The lowest BCUT2D eigenvalue weighted by Gasteiger charge is -2.21. The third-order valence-electron chi connectivity index (χ3n) is 4.54. The maximum absolute atomic E-state index is 12.7. The molecule has 1 fully saturated rings. The van der Waals surface area contributed by atoms with Gasteiger partial charge < -0.3 is 9.64 Å². The molecule has 1 amide bonds. The van der Waals surface area contributed by atoms with Crippen molar-refractivity contribution in [3.8, 4) is 5.75 Å². The van der Waals surface area contributed by atoms with Gasteiger partial charge in [-0.3, -0.25) is 14.7 Å². The van der Waals surface area contributed by atoms with Crippen LogP contribution in [0.15, 0.2) is 54.7 Å². The number of methoxy groups -OCH3 is 1. The molecule has 1 saturated heterocycles. The number of benzene rings is 1. The van der Waals surface area contributed by atoms with Gasteiger partial charge in [-0.15, -0.1) is 0 Å². The number of hydrogen-bond donors (Lipinski definition) is 0. The van der Waals surface area contributed by atoms with E-state index in [-0.39, 0.29) is 5.91 Å². The minimum Gasteiger partial charge on any atom is -0.497 e. The number of rotatable bonds is 5. The average molecular weight is 351 g/mol. The van der Waals surface area contributed by atoms with Crippen molar-refractivity contribution < 1.29 is 9.53 Å². The van der Waals surface area contributed by atoms with Gasteiger partial charge >= 0.3 is 0 Å². The maximum Gasteiger partial charge on any atom is 0.272 e. The molecule has 2 aromatic rings. The van der Waals surface area contributed by atoms with Crippen molar-refractivity contribution in [3.63, 3.8) is 0 Å². The minimum atomic E-state index is -0.0226. The average Bonchev–Trinajstić information content (AvgIpc) is 2.94. The van der Waals surface area contributed by atoms with Gasteiger partial charge in [-0.05, 0) is 18.1 Å². The van der Waals surface area contributed by atoms with Gasteiger partial charge in [-0.1, -0.05) is 42.5 Å². The number of ether oxygens (including phenoxy) is 1. The zero-order valence-corrected chi connectivity index (χ0v) is 15.2. The van der Waals surface area contributed by atoms with Crippen LogP contribution in [0.25, 0.3) is 6.08 Å². The van der Waals surface area contributed by atoms with E-state index in [0.717, 1.165) is 39.1 Å². The van der Waals surface area contributed by atoms with Crippen LogP contribution in [0.1, 0.15) is 22.5 Å². The molecule has 5 heteroatoms. The smallest absolute Gasteiger partial charge is 0.272 e. The molecule has 2 heterocycles. The Morgan fingerprint density at radius 3 is 2.81 bits per heavy atom. The highest BCUT2D eigenvalue weighted by Crippen LogP contribution is 2.13. The van der Waals surface area contributed by atoms with Gasteiger partial charge in [-0.25, -0.2) is 0 Å². The summed E-state index contributed by atoms with van der Waals surface area (Å²) in [6.07, 6.45) is 6.92. The second-order valence-corrected chi connectivity index (χ2v) is 6.34. The number of hydrogen-bond acceptors (Lipinski definition) is 4. The molecular weight excluding hydrogens is 326 g/mol. The first-order valence-electron chi connectivity index (χ1n) is 8.99. The summed E-state index contributed by atoms with van der Waals surface area (Å²) in [7, 11) is 1.59. The molecule has 0 aliphatic carbocycles. The van der Waals surface area contributed by atoms with Crippen LogP contribution in [0.5, 0.6) is 5.75 Å². The van der Waals surface area contributed by atoms with Crippen molar-refractivity contribution in [3.05, 3.63) is 66.0 Å². The molecule has 5 nitrogen and oxygen atoms in total. The normalized spacial score (nSPS) is 15.8. The topological polar surface area (TPSA) is 45.7 Å². The van der Waals surface area contributed by atoms with Gasteiger partial charge in [0.1, 0.15) is 11.4 Å². The quantitative estimate of drug-likeness (QED) is 0.831. The summed E-state index contributed by atoms with van der Waals surface area (Å²) in [6.45, 7) is 4.24. The molecule has 0 N–H and O–H groups in total. The van der Waals surface area contributed by atoms with Crippen LogP contribution >= 0.6 is 0 Å². The van der Waals surface area contributed by atoms with Crippen molar-refractivity contribution in [2.45, 2.75) is 6.42 Å². The largest absolute Gasteiger partial charge is 0.497 e. The highest BCUT2D eigenvalue weighted by Gasteiger charge is 2.21. The number of carbonyl (C=O) groups is 1. The van der Waals surface area contributed by atoms with Gasteiger partial charge in [0.25, 0.3) is 5.91 Å². The predicted molar refractivity (Wildman–Crippen MR) is 103 cm³/mol. The Balaban J connectivity index is 1.54. The van der Waals surface area contributed by atoms with Crippen LogP contribution in [0.2, 0.25) is 0 Å². The van der Waals surface area contributed by atoms with E-state index in [1.165, 1.54) is 5.56 Å². The first-order chi connectivity index (χ1) is 12.8. The number of aromatic nitrogens is 1. The molecule has 0 atom stereocenters. The Kier molecular flexibility index (Phi) is 6.39. The molecule has 0 radical (unpaired) electrons. The van der Waals surface area contributed by atoms with E-state index in [1.54, 1.807) is 25.4 Å². The SMILES string of the molecule is COc1ccnc(C(=O)N2CCCN(CC=Cc3ccccc3)CC2)c1. The van der Waals surface area contributed by atoms with Crippen LogP contribution in [-0.4, -0.2) is 60.5 Å². The Hall–Kier alpha value is -2.66. The highest BCUT2D eigenvalue weighted by molar-refractivity contribution is 5.92. The summed E-state index contributed by atoms with van der Waals surface area (Å²) in [6, 6.07) is 13.8. The maximum atomic E-state index is 12.7. The Morgan fingerprint density at radius 1 is 1.15 bits per heavy atom. The standard InChI is InChI=1S/C21H25N3O2/c1-26-19-10-11-22-20(17-19)21(25)24-14-6-13-23(15-16-24)12-5-9-18-7-3-2-4-8-18/h2-5,7-11,17H,6,12-16H2,1H3. The van der Waals surface area contributed by atoms with Gasteiger partial charge in [0.15, 0.2) is 0 Å². The minimum absolute atomic E-state index is 0.0226. The molecule has 136 valence electrons. The van der Waals surface area contributed by atoms with Crippen molar-refractivity contribution in [1.29, 1.82) is 0 Å². The molecule has 0 spiro atoms. The number of carbonyl (C=O) groups excluding carboxylic acids is 1. The van der Waals surface area contributed by atoms with Crippen LogP contribution in [0, 0.1) is 0 Å². The molecule has 26 heavy (non-hydrogen) atoms. The van der Waals surface area contributed by atoms with Crippen LogP contribution in [0.3, 0.4) is 0 Å². The Bertz CT molecular complexity index is 746. The molecule has 1 aromatic carbocycles. The third kappa shape index (κ3) is 4.92. The molecular formula is C21H25N3O2. The van der Waals surface area contributed by atoms with E-state index < -0.39 is 0 Å². The molecule has 0 unspecified atom stereocenters. The summed E-state index contributed by atoms with van der Waals surface area (Å²) in [5, 5.41) is 0. The zero-order chi connectivity index (χ0) is 18.2. The lowest BCUT2D eigenvalue weighted by Crippen LogP contribution is -2.35. The second-order valence-electron chi connectivity index (χ2n) is 6.34. The highest BCUT2D eigenvalue weighted by atomic mass is 16.5. The van der Waals surface area contributed by atoms with E-state index in [0.29, 0.717) is 11.4 Å². The Morgan fingerprint density at radius 2 is 2.00 bits per heavy atom. The lowest BCUT2D eigenvalue weighted by atomic mass is 10.2. The van der Waals surface area contributed by atoms with Crippen molar-refractivity contribution in [2.24, 2.45) is 0 Å². The number of amides is 1. The van der Waals surface area contributed by atoms with Crippen LogP contribution in [0.4, 0.5) is 0 Å². The molecule has 1 aliphatic rings. The second kappa shape index (κ2) is 9.15. The molecule has 0 bridgehead atoms. The zero-order valence-electron chi connectivity index (χ0n) is 15.2. The van der Waals surface area contributed by atoms with Crippen molar-refractivity contribution in [2.75, 3.05) is 39.8 Å². The van der Waals surface area contributed by atoms with E-state index in [2.05, 4.69) is 34.2 Å². The lowest BCUT2D eigenvalue weighted by molar-refractivity contribution is 0.0756. The van der Waals surface area contributed by atoms with Gasteiger partial charge in [-0.2, -0.15) is 0 Å². The van der Waals surface area contributed by atoms with Crippen molar-refractivity contribution in [1.82, 2.24) is 14.8 Å². The van der Waals surface area contributed by atoms with E-state index >= 15 is 0 Å². The number of nitrogens with zero attached hydrogens (tertiary/aromatic N) is 3. The first kappa shape index (κ1) is 18.1. The van der Waals surface area contributed by atoms with Crippen LogP contribution in [-0.2, 0) is 0 Å². The molecule has 3 rings (SSSR count). The molecule has 1 aromatic heterocycles. The summed E-state index contributed by atoms with van der Waals surface area (Å²) >= 11 is 0. The number of pyridine rings is 1. The van der Waals surface area contributed by atoms with Gasteiger partial charge in [0.05, 0.1) is 7.11 Å². The summed E-state index contributed by atoms with van der Waals surface area (Å²) in [4.78, 5) is 21.2. The summed E-state index contributed by atoms with van der Waals surface area (Å²) in [5.74, 6) is 0.636. The molecule has 1 aliphatic heterocycles. The first-order valence-corrected chi connectivity index (χ1v) is 8.99. The fourth-order valence-corrected chi connectivity index (χ4v) is 3.08. The van der Waals surface area contributed by atoms with Gasteiger partial charge in [0.2, 0.25) is 0 Å². The van der Waals surface area contributed by atoms with E-state index in [4.69, 9.17) is 4.74 Å². The Labute approximate surface area is 154 Å². The van der Waals surface area contributed by atoms with Crippen LogP contribution < -0.4 is 4.74 Å². The van der Waals surface area contributed by atoms with E-state index in [1.807, 2.05) is 23.1 Å². The summed E-state index contributed by atoms with van der Waals surface area (Å²) < 4.78 is 5.19. The van der Waals surface area contributed by atoms with E-state index in [9.17, 15) is 4.79 Å². The van der Waals surface area contributed by atoms with Gasteiger partial charge in [0, 0.05) is 45.0 Å². The molecule has 0 saturated carbocycles.